The van der Waals surface area contributed by atoms with E-state index in [1.165, 1.54) is 11.1 Å². The van der Waals surface area contributed by atoms with Crippen molar-refractivity contribution in [3.05, 3.63) is 66.2 Å². The summed E-state index contributed by atoms with van der Waals surface area (Å²) in [4.78, 5) is 11.6. The number of thioether (sulfide) groups is 1. The van der Waals surface area contributed by atoms with Gasteiger partial charge < -0.3 is 4.90 Å². The Bertz CT molecular complexity index is 848. The minimum atomic E-state index is 0.403. The SMILES string of the molecule is Cc1cnn(C2CCCN(c3cncc(SCc4ccccc4)n3)C2)c1. The van der Waals surface area contributed by atoms with Crippen molar-refractivity contribution in [3.63, 3.8) is 0 Å². The largest absolute Gasteiger partial charge is 0.353 e. The molecule has 1 aliphatic rings. The molecule has 1 aromatic carbocycles. The summed E-state index contributed by atoms with van der Waals surface area (Å²) in [6.45, 7) is 4.05. The molecule has 134 valence electrons. The van der Waals surface area contributed by atoms with Crippen molar-refractivity contribution >= 4 is 17.6 Å². The van der Waals surface area contributed by atoms with Gasteiger partial charge in [-0.15, -0.1) is 11.8 Å². The van der Waals surface area contributed by atoms with Crippen molar-refractivity contribution in [3.8, 4) is 0 Å². The number of piperidine rings is 1. The quantitative estimate of drug-likeness (QED) is 0.637. The Hall–Kier alpha value is -2.34. The molecule has 1 atom stereocenters. The van der Waals surface area contributed by atoms with Crippen molar-refractivity contribution in [2.24, 2.45) is 0 Å². The predicted octanol–water partition coefficient (Wildman–Crippen LogP) is 4.12. The van der Waals surface area contributed by atoms with Crippen LogP contribution in [-0.2, 0) is 5.75 Å². The molecule has 1 saturated heterocycles. The molecule has 26 heavy (non-hydrogen) atoms. The number of benzene rings is 1. The maximum Gasteiger partial charge on any atom is 0.148 e. The number of aromatic nitrogens is 4. The number of aryl methyl sites for hydroxylation is 1. The van der Waals surface area contributed by atoms with Gasteiger partial charge in [-0.05, 0) is 30.9 Å². The third-order valence-electron chi connectivity index (χ3n) is 4.65. The summed E-state index contributed by atoms with van der Waals surface area (Å²) >= 11 is 1.73. The molecule has 0 amide bonds. The van der Waals surface area contributed by atoms with Crippen LogP contribution in [0.1, 0.15) is 30.0 Å². The topological polar surface area (TPSA) is 46.8 Å². The lowest BCUT2D eigenvalue weighted by molar-refractivity contribution is 0.374. The minimum absolute atomic E-state index is 0.403. The fourth-order valence-electron chi connectivity index (χ4n) is 3.30. The molecule has 5 nitrogen and oxygen atoms in total. The van der Waals surface area contributed by atoms with E-state index in [0.717, 1.165) is 42.5 Å². The van der Waals surface area contributed by atoms with Crippen LogP contribution in [0.25, 0.3) is 0 Å². The van der Waals surface area contributed by atoms with Crippen molar-refractivity contribution in [1.82, 2.24) is 19.7 Å². The second kappa shape index (κ2) is 7.91. The lowest BCUT2D eigenvalue weighted by Crippen LogP contribution is -2.37. The summed E-state index contributed by atoms with van der Waals surface area (Å²) in [5, 5.41) is 5.47. The molecule has 6 heteroatoms. The summed E-state index contributed by atoms with van der Waals surface area (Å²) in [6, 6.07) is 10.9. The smallest absolute Gasteiger partial charge is 0.148 e. The maximum atomic E-state index is 4.84. The number of hydrogen-bond acceptors (Lipinski definition) is 5. The van der Waals surface area contributed by atoms with Crippen LogP contribution in [0.3, 0.4) is 0 Å². The van der Waals surface area contributed by atoms with Crippen LogP contribution in [-0.4, -0.2) is 32.8 Å². The molecule has 0 spiro atoms. The second-order valence-corrected chi connectivity index (χ2v) is 7.73. The predicted molar refractivity (Wildman–Crippen MR) is 105 cm³/mol. The maximum absolute atomic E-state index is 4.84. The van der Waals surface area contributed by atoms with E-state index in [-0.39, 0.29) is 0 Å². The van der Waals surface area contributed by atoms with E-state index >= 15 is 0 Å². The minimum Gasteiger partial charge on any atom is -0.353 e. The first kappa shape index (κ1) is 17.1. The van der Waals surface area contributed by atoms with Crippen LogP contribution >= 0.6 is 11.8 Å². The molecule has 1 fully saturated rings. The highest BCUT2D eigenvalue weighted by Gasteiger charge is 2.23. The fraction of sp³-hybridized carbons (Fsp3) is 0.350. The van der Waals surface area contributed by atoms with E-state index in [1.54, 1.807) is 11.8 Å². The Labute approximate surface area is 158 Å². The van der Waals surface area contributed by atoms with Gasteiger partial charge in [-0.1, -0.05) is 30.3 Å². The van der Waals surface area contributed by atoms with Crippen LogP contribution < -0.4 is 4.90 Å². The van der Waals surface area contributed by atoms with Gasteiger partial charge in [0.05, 0.1) is 24.6 Å². The first-order valence-corrected chi connectivity index (χ1v) is 10.0. The lowest BCUT2D eigenvalue weighted by Gasteiger charge is -2.33. The summed E-state index contributed by atoms with van der Waals surface area (Å²) < 4.78 is 2.10. The molecular formula is C20H23N5S. The van der Waals surface area contributed by atoms with Crippen LogP contribution in [0.4, 0.5) is 5.82 Å². The van der Waals surface area contributed by atoms with Crippen molar-refractivity contribution in [2.75, 3.05) is 18.0 Å². The summed E-state index contributed by atoms with van der Waals surface area (Å²) in [5.74, 6) is 1.88. The van der Waals surface area contributed by atoms with Crippen molar-refractivity contribution in [2.45, 2.75) is 36.6 Å². The Kier molecular flexibility index (Phi) is 5.20. The Morgan fingerprint density at radius 3 is 2.85 bits per heavy atom. The molecule has 0 radical (unpaired) electrons. The zero-order valence-corrected chi connectivity index (χ0v) is 15.8. The first-order valence-electron chi connectivity index (χ1n) is 9.02. The molecule has 4 rings (SSSR count). The zero-order valence-electron chi connectivity index (χ0n) is 15.0. The van der Waals surface area contributed by atoms with Crippen LogP contribution in [0, 0.1) is 6.92 Å². The third-order valence-corrected chi connectivity index (χ3v) is 5.62. The molecule has 1 aliphatic heterocycles. The molecule has 0 bridgehead atoms. The number of rotatable bonds is 5. The van der Waals surface area contributed by atoms with E-state index in [9.17, 15) is 0 Å². The van der Waals surface area contributed by atoms with Gasteiger partial charge in [0, 0.05) is 25.0 Å². The van der Waals surface area contributed by atoms with Crippen molar-refractivity contribution in [1.29, 1.82) is 0 Å². The van der Waals surface area contributed by atoms with Gasteiger partial charge in [-0.25, -0.2) is 4.98 Å². The first-order chi connectivity index (χ1) is 12.8. The zero-order chi connectivity index (χ0) is 17.8. The standard InChI is InChI=1S/C20H23N5S/c1-16-10-22-25(13-16)18-8-5-9-24(14-18)19-11-21-12-20(23-19)26-15-17-6-3-2-4-7-17/h2-4,6-7,10-13,18H,5,8-9,14-15H2,1H3. The normalized spacial score (nSPS) is 17.4. The number of anilines is 1. The van der Waals surface area contributed by atoms with Gasteiger partial charge >= 0.3 is 0 Å². The molecule has 3 heterocycles. The Morgan fingerprint density at radius 1 is 1.15 bits per heavy atom. The lowest BCUT2D eigenvalue weighted by atomic mass is 10.1. The van der Waals surface area contributed by atoms with E-state index < -0.39 is 0 Å². The molecule has 0 saturated carbocycles. The molecule has 0 aliphatic carbocycles. The highest BCUT2D eigenvalue weighted by Crippen LogP contribution is 2.27. The molecule has 2 aromatic heterocycles. The van der Waals surface area contributed by atoms with Gasteiger partial charge in [-0.3, -0.25) is 9.67 Å². The van der Waals surface area contributed by atoms with E-state index in [0.29, 0.717) is 6.04 Å². The van der Waals surface area contributed by atoms with Crippen LogP contribution in [0.5, 0.6) is 0 Å². The average Bonchev–Trinajstić information content (AvgIpc) is 3.14. The fourth-order valence-corrected chi connectivity index (χ4v) is 4.10. The van der Waals surface area contributed by atoms with Gasteiger partial charge in [-0.2, -0.15) is 5.10 Å². The third kappa shape index (κ3) is 4.07. The average molecular weight is 366 g/mol. The van der Waals surface area contributed by atoms with Gasteiger partial charge in [0.25, 0.3) is 0 Å². The van der Waals surface area contributed by atoms with Crippen LogP contribution in [0.2, 0.25) is 0 Å². The Balaban J connectivity index is 1.43. The van der Waals surface area contributed by atoms with E-state index in [2.05, 4.69) is 57.1 Å². The molecule has 3 aromatic rings. The summed E-state index contributed by atoms with van der Waals surface area (Å²) in [7, 11) is 0. The van der Waals surface area contributed by atoms with Gasteiger partial charge in [0.1, 0.15) is 10.8 Å². The summed E-state index contributed by atoms with van der Waals surface area (Å²) in [6.07, 6.45) is 10.1. The van der Waals surface area contributed by atoms with Gasteiger partial charge in [0.2, 0.25) is 0 Å². The van der Waals surface area contributed by atoms with Gasteiger partial charge in [0.15, 0.2) is 0 Å². The second-order valence-electron chi connectivity index (χ2n) is 6.73. The monoisotopic (exact) mass is 365 g/mol. The molecular weight excluding hydrogens is 342 g/mol. The highest BCUT2D eigenvalue weighted by atomic mass is 32.2. The number of hydrogen-bond donors (Lipinski definition) is 0. The summed E-state index contributed by atoms with van der Waals surface area (Å²) in [5.41, 5.74) is 2.51. The molecule has 1 unspecified atom stereocenters. The van der Waals surface area contributed by atoms with E-state index in [1.807, 2.05) is 24.7 Å². The van der Waals surface area contributed by atoms with E-state index in [4.69, 9.17) is 4.98 Å². The highest BCUT2D eigenvalue weighted by molar-refractivity contribution is 7.98. The molecule has 0 N–H and O–H groups in total. The van der Waals surface area contributed by atoms with Crippen molar-refractivity contribution < 1.29 is 0 Å². The number of nitrogens with zero attached hydrogens (tertiary/aromatic N) is 5. The Morgan fingerprint density at radius 2 is 2.04 bits per heavy atom. The van der Waals surface area contributed by atoms with Crippen LogP contribution in [0.15, 0.2) is 60.1 Å².